The molecule has 0 aliphatic carbocycles. The molecule has 0 aromatic heterocycles. The Hall–Kier alpha value is -2.58. The molecule has 0 atom stereocenters. The van der Waals surface area contributed by atoms with E-state index in [4.69, 9.17) is 9.47 Å². The number of benzene rings is 2. The number of carbonyl (C=O) groups is 1. The number of likely N-dealkylation sites (tertiary alicyclic amines) is 1. The molecule has 1 fully saturated rings. The average Bonchev–Trinajstić information content (AvgIpc) is 3.06. The Balaban J connectivity index is 1.68. The van der Waals surface area contributed by atoms with E-state index in [1.165, 1.54) is 25.3 Å². The summed E-state index contributed by atoms with van der Waals surface area (Å²) in [5.41, 5.74) is 2.41. The van der Waals surface area contributed by atoms with Crippen LogP contribution in [0.3, 0.4) is 0 Å². The zero-order valence-corrected chi connectivity index (χ0v) is 19.8. The molecular formula is C24H32N2O5S. The van der Waals surface area contributed by atoms with Gasteiger partial charge in [0.2, 0.25) is 10.0 Å². The molecule has 2 aromatic rings. The van der Waals surface area contributed by atoms with Crippen molar-refractivity contribution in [2.24, 2.45) is 0 Å². The smallest absolute Gasteiger partial charge is 0.257 e. The number of methoxy groups -OCH3 is 1. The van der Waals surface area contributed by atoms with Gasteiger partial charge in [-0.05, 0) is 56.5 Å². The summed E-state index contributed by atoms with van der Waals surface area (Å²) in [5.74, 6) is 0.903. The Kier molecular flexibility index (Phi) is 8.15. The molecule has 32 heavy (non-hydrogen) atoms. The van der Waals surface area contributed by atoms with Crippen molar-refractivity contribution in [2.75, 3.05) is 33.4 Å². The van der Waals surface area contributed by atoms with Crippen LogP contribution in [-0.2, 0) is 10.0 Å². The second-order valence-electron chi connectivity index (χ2n) is 8.08. The molecule has 174 valence electrons. The molecule has 1 amide bonds. The van der Waals surface area contributed by atoms with Crippen molar-refractivity contribution in [3.05, 3.63) is 53.1 Å². The summed E-state index contributed by atoms with van der Waals surface area (Å²) in [6.45, 7) is 5.61. The van der Waals surface area contributed by atoms with Crippen molar-refractivity contribution in [1.82, 2.24) is 9.62 Å². The Morgan fingerprint density at radius 3 is 2.34 bits per heavy atom. The summed E-state index contributed by atoms with van der Waals surface area (Å²) in [7, 11) is -2.33. The minimum Gasteiger partial charge on any atom is -0.496 e. The summed E-state index contributed by atoms with van der Waals surface area (Å²) in [6.07, 6.45) is 4.11. The highest BCUT2D eigenvalue weighted by atomic mass is 32.2. The molecule has 7 nitrogen and oxygen atoms in total. The maximum absolute atomic E-state index is 13.1. The van der Waals surface area contributed by atoms with Crippen molar-refractivity contribution in [2.45, 2.75) is 44.4 Å². The first-order valence-electron chi connectivity index (χ1n) is 11.0. The van der Waals surface area contributed by atoms with Crippen LogP contribution in [0.15, 0.2) is 41.3 Å². The summed E-state index contributed by atoms with van der Waals surface area (Å²) in [5, 5.41) is 0. The molecule has 8 heteroatoms. The zero-order chi connectivity index (χ0) is 23.1. The van der Waals surface area contributed by atoms with Crippen molar-refractivity contribution in [3.8, 4) is 11.5 Å². The van der Waals surface area contributed by atoms with Gasteiger partial charge in [-0.3, -0.25) is 4.79 Å². The molecule has 0 radical (unpaired) electrons. The Morgan fingerprint density at radius 2 is 1.69 bits per heavy atom. The number of ether oxygens (including phenoxy) is 2. The number of amides is 1. The van der Waals surface area contributed by atoms with E-state index in [0.717, 1.165) is 42.6 Å². The van der Waals surface area contributed by atoms with Crippen LogP contribution in [0.5, 0.6) is 11.5 Å². The van der Waals surface area contributed by atoms with Crippen molar-refractivity contribution < 1.29 is 22.7 Å². The van der Waals surface area contributed by atoms with Crippen LogP contribution in [0, 0.1) is 13.8 Å². The second-order valence-corrected chi connectivity index (χ2v) is 9.85. The zero-order valence-electron chi connectivity index (χ0n) is 19.0. The summed E-state index contributed by atoms with van der Waals surface area (Å²) in [4.78, 5) is 14.9. The van der Waals surface area contributed by atoms with E-state index in [2.05, 4.69) is 4.72 Å². The fourth-order valence-electron chi connectivity index (χ4n) is 3.85. The van der Waals surface area contributed by atoms with Gasteiger partial charge in [0, 0.05) is 19.6 Å². The van der Waals surface area contributed by atoms with Crippen molar-refractivity contribution in [1.29, 1.82) is 0 Å². The largest absolute Gasteiger partial charge is 0.496 e. The van der Waals surface area contributed by atoms with Crippen LogP contribution in [0.2, 0.25) is 0 Å². The lowest BCUT2D eigenvalue weighted by atomic mass is 10.1. The molecule has 2 aromatic carbocycles. The Morgan fingerprint density at radius 1 is 1.00 bits per heavy atom. The number of hydrogen-bond acceptors (Lipinski definition) is 5. The van der Waals surface area contributed by atoms with Gasteiger partial charge in [-0.25, -0.2) is 13.1 Å². The van der Waals surface area contributed by atoms with E-state index in [1.54, 1.807) is 4.90 Å². The third-order valence-electron chi connectivity index (χ3n) is 5.59. The van der Waals surface area contributed by atoms with Crippen LogP contribution in [0.1, 0.15) is 47.2 Å². The molecule has 0 spiro atoms. The van der Waals surface area contributed by atoms with E-state index in [1.807, 2.05) is 32.0 Å². The minimum absolute atomic E-state index is 0.0305. The van der Waals surface area contributed by atoms with Gasteiger partial charge < -0.3 is 14.4 Å². The molecule has 0 saturated carbocycles. The van der Waals surface area contributed by atoms with Crippen molar-refractivity contribution in [3.63, 3.8) is 0 Å². The number of sulfonamides is 1. The van der Waals surface area contributed by atoms with Gasteiger partial charge in [0.25, 0.3) is 5.91 Å². The highest BCUT2D eigenvalue weighted by Crippen LogP contribution is 2.25. The SMILES string of the molecule is COc1ccc(S(=O)(=O)NCCOc2ccc(C)cc2C)cc1C(=O)N1CCCCCC1. The summed E-state index contributed by atoms with van der Waals surface area (Å²) >= 11 is 0. The highest BCUT2D eigenvalue weighted by molar-refractivity contribution is 7.89. The molecule has 1 aliphatic heterocycles. The van der Waals surface area contributed by atoms with E-state index in [-0.39, 0.29) is 29.5 Å². The normalized spacial score (nSPS) is 14.7. The highest BCUT2D eigenvalue weighted by Gasteiger charge is 2.24. The first-order valence-corrected chi connectivity index (χ1v) is 12.5. The summed E-state index contributed by atoms with van der Waals surface area (Å²) < 4.78 is 39.3. The summed E-state index contributed by atoms with van der Waals surface area (Å²) in [6, 6.07) is 10.2. The third-order valence-corrected chi connectivity index (χ3v) is 7.05. The van der Waals surface area contributed by atoms with Gasteiger partial charge >= 0.3 is 0 Å². The third kappa shape index (κ3) is 6.01. The number of hydrogen-bond donors (Lipinski definition) is 1. The lowest BCUT2D eigenvalue weighted by molar-refractivity contribution is 0.0758. The first-order chi connectivity index (χ1) is 15.3. The first kappa shape index (κ1) is 24.1. The fraction of sp³-hybridized carbons (Fsp3) is 0.458. The van der Waals surface area contributed by atoms with E-state index in [0.29, 0.717) is 18.8 Å². The van der Waals surface area contributed by atoms with Gasteiger partial charge in [0.05, 0.1) is 17.6 Å². The van der Waals surface area contributed by atoms with Crippen LogP contribution in [0.4, 0.5) is 0 Å². The maximum atomic E-state index is 13.1. The molecule has 0 unspecified atom stereocenters. The van der Waals surface area contributed by atoms with Crippen LogP contribution in [-0.4, -0.2) is 52.6 Å². The number of nitrogens with one attached hydrogen (secondary N) is 1. The molecular weight excluding hydrogens is 428 g/mol. The standard InChI is InChI=1S/C24H32N2O5S/c1-18-8-10-22(19(2)16-18)31-15-12-25-32(28,29)20-9-11-23(30-3)21(17-20)24(27)26-13-6-4-5-7-14-26/h8-11,16-17,25H,4-7,12-15H2,1-3H3. The van der Waals surface area contributed by atoms with Crippen LogP contribution in [0.25, 0.3) is 0 Å². The number of carbonyl (C=O) groups excluding carboxylic acids is 1. The van der Waals surface area contributed by atoms with Crippen molar-refractivity contribution >= 4 is 15.9 Å². The topological polar surface area (TPSA) is 84.9 Å². The average molecular weight is 461 g/mol. The van der Waals surface area contributed by atoms with Gasteiger partial charge in [0.15, 0.2) is 0 Å². The van der Waals surface area contributed by atoms with Gasteiger partial charge in [-0.2, -0.15) is 0 Å². The number of aryl methyl sites for hydroxylation is 2. The molecule has 0 bridgehead atoms. The fourth-order valence-corrected chi connectivity index (χ4v) is 4.89. The van der Waals surface area contributed by atoms with E-state index >= 15 is 0 Å². The molecule has 3 rings (SSSR count). The quantitative estimate of drug-likeness (QED) is 0.608. The Labute approximate surface area is 190 Å². The predicted molar refractivity (Wildman–Crippen MR) is 124 cm³/mol. The number of nitrogens with zero attached hydrogens (tertiary/aromatic N) is 1. The van der Waals surface area contributed by atoms with E-state index in [9.17, 15) is 13.2 Å². The molecule has 1 N–H and O–H groups in total. The predicted octanol–water partition coefficient (Wildman–Crippen LogP) is 3.69. The van der Waals surface area contributed by atoms with Gasteiger partial charge in [0.1, 0.15) is 18.1 Å². The van der Waals surface area contributed by atoms with Crippen LogP contribution < -0.4 is 14.2 Å². The van der Waals surface area contributed by atoms with Gasteiger partial charge in [-0.1, -0.05) is 30.5 Å². The molecule has 1 heterocycles. The monoisotopic (exact) mass is 460 g/mol. The molecule has 1 saturated heterocycles. The number of rotatable bonds is 8. The maximum Gasteiger partial charge on any atom is 0.257 e. The lowest BCUT2D eigenvalue weighted by Crippen LogP contribution is -2.32. The minimum atomic E-state index is -3.81. The second kappa shape index (κ2) is 10.8. The molecule has 1 aliphatic rings. The lowest BCUT2D eigenvalue weighted by Gasteiger charge is -2.22. The Bertz CT molecular complexity index is 1040. The van der Waals surface area contributed by atoms with E-state index < -0.39 is 10.0 Å². The van der Waals surface area contributed by atoms with Gasteiger partial charge in [-0.15, -0.1) is 0 Å². The van der Waals surface area contributed by atoms with Crippen LogP contribution >= 0.6 is 0 Å².